The van der Waals surface area contributed by atoms with E-state index in [1.54, 1.807) is 13.0 Å². The quantitative estimate of drug-likeness (QED) is 0.850. The minimum Gasteiger partial charge on any atom is -0.350 e. The molecule has 1 N–H and O–H groups in total. The number of likely N-dealkylation sites (tertiary alicyclic amines) is 1. The van der Waals surface area contributed by atoms with Crippen molar-refractivity contribution in [3.63, 3.8) is 0 Å². The van der Waals surface area contributed by atoms with Crippen molar-refractivity contribution in [3.8, 4) is 0 Å². The maximum Gasteiger partial charge on any atom is 0.243 e. The minimum absolute atomic E-state index is 0.190. The van der Waals surface area contributed by atoms with Gasteiger partial charge in [-0.2, -0.15) is 0 Å². The van der Waals surface area contributed by atoms with Gasteiger partial charge in [0, 0.05) is 11.6 Å². The van der Waals surface area contributed by atoms with Gasteiger partial charge >= 0.3 is 0 Å². The third kappa shape index (κ3) is 3.05. The highest BCUT2D eigenvalue weighted by atomic mass is 35.5. The van der Waals surface area contributed by atoms with Gasteiger partial charge in [0.1, 0.15) is 6.04 Å². The number of benzene rings is 1. The van der Waals surface area contributed by atoms with Gasteiger partial charge in [-0.3, -0.25) is 19.3 Å². The molecule has 128 valence electrons. The summed E-state index contributed by atoms with van der Waals surface area (Å²) in [6.45, 7) is 1.88. The van der Waals surface area contributed by atoms with Crippen molar-refractivity contribution in [1.29, 1.82) is 0 Å². The van der Waals surface area contributed by atoms with Crippen LogP contribution in [0.5, 0.6) is 0 Å². The molecule has 6 heteroatoms. The summed E-state index contributed by atoms with van der Waals surface area (Å²) in [5, 5.41) is 3.34. The molecule has 5 nitrogen and oxygen atoms in total. The van der Waals surface area contributed by atoms with Gasteiger partial charge in [0.05, 0.1) is 11.8 Å². The summed E-state index contributed by atoms with van der Waals surface area (Å²) in [7, 11) is 0. The number of hydrogen-bond acceptors (Lipinski definition) is 3. The van der Waals surface area contributed by atoms with Crippen molar-refractivity contribution in [1.82, 2.24) is 10.2 Å². The van der Waals surface area contributed by atoms with Gasteiger partial charge in [-0.25, -0.2) is 0 Å². The summed E-state index contributed by atoms with van der Waals surface area (Å²) in [5.41, 5.74) is 0.799. The van der Waals surface area contributed by atoms with E-state index in [1.807, 2.05) is 18.2 Å². The van der Waals surface area contributed by atoms with Gasteiger partial charge in [-0.05, 0) is 31.4 Å². The molecule has 3 rings (SSSR count). The van der Waals surface area contributed by atoms with E-state index in [4.69, 9.17) is 11.6 Å². The summed E-state index contributed by atoms with van der Waals surface area (Å²) < 4.78 is 0. The standard InChI is InChI=1S/C18H21ClN2O3/c1-11(16(22)20-10-12-6-2-5-9-15(12)19)21-17(23)13-7-3-4-8-14(13)18(21)24/h2,5-6,9,11,13-14H,3-4,7-8,10H2,1H3,(H,20,22)/t11-,13-,14+/m0/s1. The summed E-state index contributed by atoms with van der Waals surface area (Å²) in [4.78, 5) is 38.6. The van der Waals surface area contributed by atoms with E-state index in [9.17, 15) is 14.4 Å². The highest BCUT2D eigenvalue weighted by Gasteiger charge is 2.50. The van der Waals surface area contributed by atoms with Crippen molar-refractivity contribution in [3.05, 3.63) is 34.9 Å². The predicted molar refractivity (Wildman–Crippen MR) is 90.1 cm³/mol. The molecular formula is C18H21ClN2O3. The van der Waals surface area contributed by atoms with Crippen LogP contribution in [0.1, 0.15) is 38.2 Å². The molecule has 1 saturated heterocycles. The molecule has 1 saturated carbocycles. The van der Waals surface area contributed by atoms with Gasteiger partial charge in [0.2, 0.25) is 17.7 Å². The highest BCUT2D eigenvalue weighted by molar-refractivity contribution is 6.31. The number of halogens is 1. The lowest BCUT2D eigenvalue weighted by Gasteiger charge is -2.22. The molecule has 3 amide bonds. The lowest BCUT2D eigenvalue weighted by Crippen LogP contribution is -2.48. The van der Waals surface area contributed by atoms with Crippen LogP contribution in [-0.2, 0) is 20.9 Å². The van der Waals surface area contributed by atoms with Gasteiger partial charge in [-0.15, -0.1) is 0 Å². The van der Waals surface area contributed by atoms with E-state index in [1.165, 1.54) is 4.90 Å². The zero-order chi connectivity index (χ0) is 17.3. The fraction of sp³-hybridized carbons (Fsp3) is 0.500. The Morgan fingerprint density at radius 3 is 2.38 bits per heavy atom. The van der Waals surface area contributed by atoms with Gasteiger partial charge < -0.3 is 5.32 Å². The molecule has 1 aliphatic heterocycles. The Morgan fingerprint density at radius 2 is 1.79 bits per heavy atom. The fourth-order valence-electron chi connectivity index (χ4n) is 3.66. The van der Waals surface area contributed by atoms with Crippen molar-refractivity contribution in [2.24, 2.45) is 11.8 Å². The zero-order valence-electron chi connectivity index (χ0n) is 13.6. The second kappa shape index (κ2) is 6.93. The lowest BCUT2D eigenvalue weighted by atomic mass is 9.81. The molecular weight excluding hydrogens is 328 g/mol. The van der Waals surface area contributed by atoms with Crippen LogP contribution in [0, 0.1) is 11.8 Å². The van der Waals surface area contributed by atoms with Crippen LogP contribution in [0.3, 0.4) is 0 Å². The Balaban J connectivity index is 1.66. The zero-order valence-corrected chi connectivity index (χ0v) is 14.4. The fourth-order valence-corrected chi connectivity index (χ4v) is 3.86. The van der Waals surface area contributed by atoms with Crippen LogP contribution in [0.4, 0.5) is 0 Å². The third-order valence-electron chi connectivity index (χ3n) is 5.05. The third-order valence-corrected chi connectivity index (χ3v) is 5.42. The predicted octanol–water partition coefficient (Wildman–Crippen LogP) is 2.52. The number of hydrogen-bond donors (Lipinski definition) is 1. The SMILES string of the molecule is C[C@@H](C(=O)NCc1ccccc1Cl)N1C(=O)[C@H]2CCCC[C@H]2C1=O. The summed E-state index contributed by atoms with van der Waals surface area (Å²) in [6.07, 6.45) is 3.45. The van der Waals surface area contributed by atoms with Crippen LogP contribution in [0.25, 0.3) is 0 Å². The van der Waals surface area contributed by atoms with Crippen LogP contribution >= 0.6 is 11.6 Å². The second-order valence-corrected chi connectivity index (χ2v) is 6.94. The molecule has 24 heavy (non-hydrogen) atoms. The van der Waals surface area contributed by atoms with Crippen LogP contribution < -0.4 is 5.32 Å². The molecule has 1 aromatic rings. The van der Waals surface area contributed by atoms with Crippen LogP contribution in [0.2, 0.25) is 5.02 Å². The molecule has 0 spiro atoms. The number of carbonyl (C=O) groups is 3. The maximum atomic E-state index is 12.5. The Hall–Kier alpha value is -1.88. The van der Waals surface area contributed by atoms with Gasteiger partial charge in [0.25, 0.3) is 0 Å². The van der Waals surface area contributed by atoms with Crippen LogP contribution in [-0.4, -0.2) is 28.7 Å². The first-order valence-corrected chi connectivity index (χ1v) is 8.76. The average molecular weight is 349 g/mol. The summed E-state index contributed by atoms with van der Waals surface area (Å²) in [6, 6.07) is 6.45. The van der Waals surface area contributed by atoms with Crippen molar-refractivity contribution in [2.45, 2.75) is 45.2 Å². The number of rotatable bonds is 4. The van der Waals surface area contributed by atoms with E-state index < -0.39 is 6.04 Å². The topological polar surface area (TPSA) is 66.5 Å². The number of imide groups is 1. The van der Waals surface area contributed by atoms with E-state index in [0.29, 0.717) is 5.02 Å². The minimum atomic E-state index is -0.793. The molecule has 0 aromatic heterocycles. The Morgan fingerprint density at radius 1 is 1.21 bits per heavy atom. The Labute approximate surface area is 146 Å². The largest absolute Gasteiger partial charge is 0.350 e. The number of carbonyl (C=O) groups excluding carboxylic acids is 3. The van der Waals surface area contributed by atoms with Crippen molar-refractivity contribution >= 4 is 29.3 Å². The first-order valence-electron chi connectivity index (χ1n) is 8.38. The average Bonchev–Trinajstić information content (AvgIpc) is 2.85. The van der Waals surface area contributed by atoms with E-state index in [0.717, 1.165) is 31.2 Å². The number of fused-ring (bicyclic) bond motifs is 1. The molecule has 0 unspecified atom stereocenters. The Bertz CT molecular complexity index is 652. The molecule has 3 atom stereocenters. The monoisotopic (exact) mass is 348 g/mol. The van der Waals surface area contributed by atoms with Crippen LogP contribution in [0.15, 0.2) is 24.3 Å². The molecule has 1 aliphatic carbocycles. The number of nitrogens with one attached hydrogen (secondary N) is 1. The first kappa shape index (κ1) is 17.0. The second-order valence-electron chi connectivity index (χ2n) is 6.53. The molecule has 0 radical (unpaired) electrons. The summed E-state index contributed by atoms with van der Waals surface area (Å²) in [5.74, 6) is -1.18. The van der Waals surface area contributed by atoms with Crippen molar-refractivity contribution in [2.75, 3.05) is 0 Å². The molecule has 2 aliphatic rings. The van der Waals surface area contributed by atoms with E-state index >= 15 is 0 Å². The Kier molecular flexibility index (Phi) is 4.90. The van der Waals surface area contributed by atoms with E-state index in [2.05, 4.69) is 5.32 Å². The molecule has 2 fully saturated rings. The number of nitrogens with zero attached hydrogens (tertiary/aromatic N) is 1. The normalized spacial score (nSPS) is 24.7. The molecule has 0 bridgehead atoms. The maximum absolute atomic E-state index is 12.5. The van der Waals surface area contributed by atoms with Crippen molar-refractivity contribution < 1.29 is 14.4 Å². The summed E-state index contributed by atoms with van der Waals surface area (Å²) >= 11 is 6.07. The van der Waals surface area contributed by atoms with Gasteiger partial charge in [0.15, 0.2) is 0 Å². The smallest absolute Gasteiger partial charge is 0.243 e. The molecule has 1 heterocycles. The highest BCUT2D eigenvalue weighted by Crippen LogP contribution is 2.38. The molecule has 1 aromatic carbocycles. The van der Waals surface area contributed by atoms with E-state index in [-0.39, 0.29) is 36.1 Å². The number of amides is 3. The van der Waals surface area contributed by atoms with Gasteiger partial charge in [-0.1, -0.05) is 42.6 Å². The lowest BCUT2D eigenvalue weighted by molar-refractivity contribution is -0.147. The first-order chi connectivity index (χ1) is 11.5.